The average molecular weight is 599 g/mol. The largest absolute Gasteiger partial charge is 0.465 e. The van der Waals surface area contributed by atoms with E-state index in [1.165, 1.54) is 18.2 Å². The quantitative estimate of drug-likeness (QED) is 0.350. The van der Waals surface area contributed by atoms with Gasteiger partial charge in [0.15, 0.2) is 17.5 Å². The first kappa shape index (κ1) is 30.8. The number of nitrogens with one attached hydrogen (secondary N) is 1. The number of hydrogen-bond donors (Lipinski definition) is 1. The van der Waals surface area contributed by atoms with Crippen molar-refractivity contribution in [3.63, 3.8) is 0 Å². The molecule has 0 aliphatic heterocycles. The Labute approximate surface area is 225 Å². The van der Waals surface area contributed by atoms with Gasteiger partial charge in [-0.25, -0.2) is 19.3 Å². The Kier molecular flexibility index (Phi) is 13.0. The normalized spacial score (nSPS) is 11.3. The number of ether oxygens (including phenoxy) is 2. The summed E-state index contributed by atoms with van der Waals surface area (Å²) < 4.78 is 18.7. The smallest absolute Gasteiger partial charge is 0.319 e. The summed E-state index contributed by atoms with van der Waals surface area (Å²) in [5.74, 6) is -1.67. The van der Waals surface area contributed by atoms with E-state index in [0.717, 1.165) is 0 Å². The van der Waals surface area contributed by atoms with Crippen molar-refractivity contribution in [3.05, 3.63) is 41.7 Å². The van der Waals surface area contributed by atoms with E-state index in [0.29, 0.717) is 18.8 Å². The van der Waals surface area contributed by atoms with Gasteiger partial charge in [0.1, 0.15) is 5.82 Å². The Morgan fingerprint density at radius 3 is 1.74 bits per heavy atom. The summed E-state index contributed by atoms with van der Waals surface area (Å²) in [5.41, 5.74) is 0.323. The molecule has 0 saturated carbocycles. The van der Waals surface area contributed by atoms with Crippen molar-refractivity contribution in [2.75, 3.05) is 26.3 Å². The fourth-order valence-electron chi connectivity index (χ4n) is 2.08. The molecule has 0 aliphatic carbocycles. The number of carbonyl (C=O) groups excluding carboxylic acids is 2. The Balaban J connectivity index is 0.000000385. The monoisotopic (exact) mass is 596 g/mol. The van der Waals surface area contributed by atoms with Crippen LogP contribution in [0.3, 0.4) is 0 Å². The lowest BCUT2D eigenvalue weighted by atomic mass is 10.2. The minimum absolute atomic E-state index is 0.0205. The highest BCUT2D eigenvalue weighted by molar-refractivity contribution is 6.67. The summed E-state index contributed by atoms with van der Waals surface area (Å²) in [5, 5.41) is 2.61. The van der Waals surface area contributed by atoms with Crippen LogP contribution >= 0.6 is 69.6 Å². The summed E-state index contributed by atoms with van der Waals surface area (Å²) in [4.78, 5) is 33.2. The molecule has 1 heterocycles. The molecule has 0 radical (unpaired) electrons. The SMILES string of the molecule is CCOC(=O)CNCC(=O)OCC.Fc1cccc(-c2nc(C(Cl)(Cl)Cl)nc(C(Cl)(Cl)Cl)n2)c1. The lowest BCUT2D eigenvalue weighted by Crippen LogP contribution is -2.30. The van der Waals surface area contributed by atoms with Crippen LogP contribution in [0.25, 0.3) is 11.4 Å². The van der Waals surface area contributed by atoms with E-state index < -0.39 is 13.4 Å². The molecule has 15 heteroatoms. The highest BCUT2D eigenvalue weighted by Gasteiger charge is 2.34. The van der Waals surface area contributed by atoms with Crippen LogP contribution in [0.15, 0.2) is 24.3 Å². The van der Waals surface area contributed by atoms with Crippen LogP contribution in [-0.4, -0.2) is 53.2 Å². The minimum Gasteiger partial charge on any atom is -0.465 e. The van der Waals surface area contributed by atoms with Crippen LogP contribution in [0.1, 0.15) is 25.5 Å². The number of hydrogen-bond acceptors (Lipinski definition) is 8. The summed E-state index contributed by atoms with van der Waals surface area (Å²) >= 11 is 34.5. The molecule has 2 aromatic rings. The number of carbonyl (C=O) groups is 2. The number of aromatic nitrogens is 3. The first-order chi connectivity index (χ1) is 15.8. The molecule has 2 rings (SSSR count). The second-order valence-corrected chi connectivity index (χ2v) is 10.6. The predicted octanol–water partition coefficient (Wildman–Crippen LogP) is 5.03. The van der Waals surface area contributed by atoms with Crippen LogP contribution in [-0.2, 0) is 26.6 Å². The highest BCUT2D eigenvalue weighted by atomic mass is 35.6. The summed E-state index contributed by atoms with van der Waals surface area (Å²) in [6.07, 6.45) is 0. The second kappa shape index (κ2) is 14.4. The summed E-state index contributed by atoms with van der Waals surface area (Å²) in [7, 11) is 0. The fraction of sp³-hybridized carbons (Fsp3) is 0.421. The Morgan fingerprint density at radius 1 is 0.882 bits per heavy atom. The molecular weight excluding hydrogens is 580 g/mol. The predicted molar refractivity (Wildman–Crippen MR) is 130 cm³/mol. The summed E-state index contributed by atoms with van der Waals surface area (Å²) in [6, 6.07) is 5.48. The van der Waals surface area contributed by atoms with E-state index in [4.69, 9.17) is 69.6 Å². The lowest BCUT2D eigenvalue weighted by Gasteiger charge is -2.15. The lowest BCUT2D eigenvalue weighted by molar-refractivity contribution is -0.143. The van der Waals surface area contributed by atoms with E-state index >= 15 is 0 Å². The van der Waals surface area contributed by atoms with Crippen LogP contribution < -0.4 is 5.32 Å². The van der Waals surface area contributed by atoms with Crippen molar-refractivity contribution >= 4 is 81.5 Å². The van der Waals surface area contributed by atoms with Crippen molar-refractivity contribution in [3.8, 4) is 11.4 Å². The van der Waals surface area contributed by atoms with Crippen molar-refractivity contribution in [2.24, 2.45) is 0 Å². The molecule has 188 valence electrons. The van der Waals surface area contributed by atoms with Gasteiger partial charge in [0.25, 0.3) is 0 Å². The number of alkyl halides is 6. The molecule has 1 N–H and O–H groups in total. The van der Waals surface area contributed by atoms with E-state index in [2.05, 4.69) is 29.7 Å². The highest BCUT2D eigenvalue weighted by Crippen LogP contribution is 2.40. The molecule has 0 spiro atoms. The van der Waals surface area contributed by atoms with E-state index in [1.807, 2.05) is 0 Å². The molecule has 0 aliphatic rings. The number of nitrogens with zero attached hydrogens (tertiary/aromatic N) is 3. The van der Waals surface area contributed by atoms with Crippen molar-refractivity contribution in [1.29, 1.82) is 0 Å². The van der Waals surface area contributed by atoms with Gasteiger partial charge in [-0.3, -0.25) is 14.9 Å². The third-order valence-electron chi connectivity index (χ3n) is 3.37. The number of benzene rings is 1. The molecule has 0 bridgehead atoms. The molecular formula is C19H19Cl6FN4O4. The van der Waals surface area contributed by atoms with Gasteiger partial charge in [-0.1, -0.05) is 81.7 Å². The molecule has 0 unspecified atom stereocenters. The van der Waals surface area contributed by atoms with Crippen molar-refractivity contribution in [2.45, 2.75) is 21.4 Å². The molecule has 1 aromatic carbocycles. The maximum absolute atomic E-state index is 13.3. The van der Waals surface area contributed by atoms with Crippen LogP contribution in [0, 0.1) is 5.82 Å². The molecule has 1 aromatic heterocycles. The summed E-state index contributed by atoms with van der Waals surface area (Å²) in [6.45, 7) is 4.21. The van der Waals surface area contributed by atoms with Gasteiger partial charge < -0.3 is 9.47 Å². The number of rotatable bonds is 7. The molecule has 0 amide bonds. The Morgan fingerprint density at radius 2 is 1.35 bits per heavy atom. The Hall–Kier alpha value is -1.20. The van der Waals surface area contributed by atoms with Crippen LogP contribution in [0.2, 0.25) is 0 Å². The van der Waals surface area contributed by atoms with Gasteiger partial charge in [-0.15, -0.1) is 0 Å². The van der Waals surface area contributed by atoms with Gasteiger partial charge >= 0.3 is 11.9 Å². The van der Waals surface area contributed by atoms with Gasteiger partial charge in [0, 0.05) is 5.56 Å². The van der Waals surface area contributed by atoms with E-state index in [-0.39, 0.29) is 42.5 Å². The molecule has 0 fully saturated rings. The average Bonchev–Trinajstić information content (AvgIpc) is 2.73. The first-order valence-electron chi connectivity index (χ1n) is 9.46. The van der Waals surface area contributed by atoms with Crippen molar-refractivity contribution < 1.29 is 23.5 Å². The van der Waals surface area contributed by atoms with E-state index in [1.54, 1.807) is 19.9 Å². The molecule has 0 saturated heterocycles. The minimum atomic E-state index is -1.95. The first-order valence-corrected chi connectivity index (χ1v) is 11.7. The number of halogens is 7. The Bertz CT molecular complexity index is 922. The number of esters is 2. The third kappa shape index (κ3) is 11.5. The van der Waals surface area contributed by atoms with Gasteiger partial charge in [-0.05, 0) is 26.0 Å². The zero-order chi connectivity index (χ0) is 25.9. The maximum atomic E-state index is 13.3. The topological polar surface area (TPSA) is 103 Å². The van der Waals surface area contributed by atoms with E-state index in [9.17, 15) is 14.0 Å². The maximum Gasteiger partial charge on any atom is 0.319 e. The third-order valence-corrected chi connectivity index (χ3v) is 4.39. The fourth-order valence-corrected chi connectivity index (χ4v) is 2.58. The van der Waals surface area contributed by atoms with Crippen LogP contribution in [0.5, 0.6) is 0 Å². The second-order valence-electron chi connectivity index (χ2n) is 6.03. The van der Waals surface area contributed by atoms with Crippen LogP contribution in [0.4, 0.5) is 4.39 Å². The van der Waals surface area contributed by atoms with Gasteiger partial charge in [0.2, 0.25) is 7.59 Å². The standard InChI is InChI=1S/C11H4Cl6FN3.C8H15NO4/c12-10(13,14)8-19-7(5-2-1-3-6(18)4-5)20-9(21-8)11(15,16)17;1-3-12-7(10)5-9-6-8(11)13-4-2/h1-4H;9H,3-6H2,1-2H3. The molecule has 8 nitrogen and oxygen atoms in total. The zero-order valence-corrected chi connectivity index (χ0v) is 22.3. The zero-order valence-electron chi connectivity index (χ0n) is 17.8. The molecule has 0 atom stereocenters. The molecule has 34 heavy (non-hydrogen) atoms. The van der Waals surface area contributed by atoms with Gasteiger partial charge in [-0.2, -0.15) is 0 Å². The van der Waals surface area contributed by atoms with Gasteiger partial charge in [0.05, 0.1) is 26.3 Å². The van der Waals surface area contributed by atoms with Crippen molar-refractivity contribution in [1.82, 2.24) is 20.3 Å².